The quantitative estimate of drug-likeness (QED) is 0.0393. The summed E-state index contributed by atoms with van der Waals surface area (Å²) in [6, 6.07) is 1.32. The molecule has 3 fully saturated rings. The van der Waals surface area contributed by atoms with Crippen molar-refractivity contribution < 1.29 is 91.7 Å². The minimum absolute atomic E-state index is 0.0120. The average molecular weight is 1830 g/mol. The smallest absolute Gasteiger partial charge is 0.246 e. The molecule has 5 aromatic rings. The number of nitrogens with two attached hydrogens (primary N) is 2. The number of H-pyrrole nitrogens is 2. The van der Waals surface area contributed by atoms with E-state index in [-0.39, 0.29) is 114 Å². The van der Waals surface area contributed by atoms with Crippen molar-refractivity contribution in [2.45, 2.75) is 249 Å². The average Bonchev–Trinajstić information content (AvgIpc) is 1.55. The number of nitrogens with one attached hydrogen (secondary N) is 13. The van der Waals surface area contributed by atoms with Gasteiger partial charge in [-0.25, -0.2) is 0 Å². The van der Waals surface area contributed by atoms with Crippen molar-refractivity contribution >= 4 is 128 Å². The van der Waals surface area contributed by atoms with Crippen LogP contribution in [0.4, 0.5) is 0 Å². The van der Waals surface area contributed by atoms with Gasteiger partial charge in [0.2, 0.25) is 100 Å². The van der Waals surface area contributed by atoms with Gasteiger partial charge in [0.25, 0.3) is 0 Å². The lowest BCUT2D eigenvalue weighted by molar-refractivity contribution is -0.149. The van der Waals surface area contributed by atoms with E-state index in [1.165, 1.54) is 68.3 Å². The zero-order valence-electron chi connectivity index (χ0n) is 76.6. The third-order valence-electron chi connectivity index (χ3n) is 24.3. The van der Waals surface area contributed by atoms with Crippen LogP contribution in [0.5, 0.6) is 5.75 Å². The van der Waals surface area contributed by atoms with Crippen LogP contribution in [0.2, 0.25) is 0 Å². The highest BCUT2D eigenvalue weighted by molar-refractivity contribution is 6.02. The number of hydrogen-bond donors (Lipinski definition) is 17. The Morgan fingerprint density at radius 1 is 0.530 bits per heavy atom. The number of primary amides is 2. The molecule has 4 aliphatic rings. The molecule has 0 aliphatic carbocycles. The van der Waals surface area contributed by atoms with E-state index in [4.69, 9.17) is 11.5 Å². The van der Waals surface area contributed by atoms with Crippen molar-refractivity contribution in [3.63, 3.8) is 0 Å². The first-order chi connectivity index (χ1) is 62.8. The zero-order valence-corrected chi connectivity index (χ0v) is 76.6. The molecule has 3 saturated heterocycles. The summed E-state index contributed by atoms with van der Waals surface area (Å²) in [6.07, 6.45) is 5.41. The molecule has 3 aromatic carbocycles. The Kier molecular flexibility index (Phi) is 37.8. The van der Waals surface area contributed by atoms with E-state index in [1.54, 1.807) is 76.6 Å². The number of aromatic amines is 2. The van der Waals surface area contributed by atoms with Crippen molar-refractivity contribution in [1.29, 1.82) is 0 Å². The second kappa shape index (κ2) is 48.7. The number of aromatic hydroxyl groups is 1. The van der Waals surface area contributed by atoms with E-state index in [1.807, 2.05) is 32.0 Å². The topological polar surface area (TPSA) is 575 Å². The fourth-order valence-electron chi connectivity index (χ4n) is 16.9. The standard InChI is InChI=1S/C92H129N21O19/c1-11-13-24-72-85(125)104-65(36-51(3)4)83(123)103-64(81(121)99-47-77(94)117)32-34-96-48-78(118)101-69(38-54-27-29-58(114)30-28-54)88(128)109(8)53(7)80(120)107-71(43-76(93)116)90(130)112-35-19-26-73(112)86(126)105-66(39-55-31-33-95-44-55)84(124)108-68(37-52(5)6)91(131)113-50-59(115)42-75(113)87(127)106-67(40-56-45-97-62-22-17-15-20-60(56)62)82(122)100-49-79(119)102-70(41-57-46-98-63-23-18-16-21-61(57)63)89(129)111(10)74(25-14-12-2)92(132)110(72)9/h15-18,20-23,27-30,33,44-46,51-53,59,64-75,96-98,114-115H,11-14,19,24-26,31-32,34-43,47-50H2,1-10H3,(H2,93,116)(H2,94,117)(H,99,121)(H,100,122)(H,101,118)(H,102,119)(H,103,123)(H,104,125)(H,105,126)(H,106,127)(H,107,120)(H,108,124)/t53-,59+,64-,65-,66-,67-,68-,69-,70-,71-,72-,73-,74-,75-/m0/s1. The van der Waals surface area contributed by atoms with Crippen LogP contribution in [0, 0.1) is 11.8 Å². The molecule has 4 aliphatic heterocycles. The van der Waals surface area contributed by atoms with Crippen LogP contribution in [0.15, 0.2) is 102 Å². The second-order valence-corrected chi connectivity index (χ2v) is 35.4. The van der Waals surface area contributed by atoms with Gasteiger partial charge < -0.3 is 115 Å². The molecule has 0 radical (unpaired) electrons. The normalized spacial score (nSPS) is 25.1. The van der Waals surface area contributed by atoms with Crippen LogP contribution < -0.4 is 70.0 Å². The number of carbonyl (C=O) groups is 17. The number of aliphatic hydroxyl groups is 1. The predicted molar refractivity (Wildman–Crippen MR) is 488 cm³/mol. The van der Waals surface area contributed by atoms with Gasteiger partial charge in [-0.3, -0.25) is 86.5 Å². The summed E-state index contributed by atoms with van der Waals surface area (Å²) >= 11 is 0. The third-order valence-corrected chi connectivity index (χ3v) is 24.3. The van der Waals surface area contributed by atoms with E-state index in [9.17, 15) is 58.2 Å². The number of unbranched alkanes of at least 4 members (excludes halogenated alkanes) is 2. The number of benzene rings is 3. The van der Waals surface area contributed by atoms with Crippen LogP contribution in [0.1, 0.15) is 161 Å². The summed E-state index contributed by atoms with van der Waals surface area (Å²) in [6.45, 7) is 9.49. The highest BCUT2D eigenvalue weighted by Crippen LogP contribution is 2.29. The summed E-state index contributed by atoms with van der Waals surface area (Å²) < 4.78 is 0. The van der Waals surface area contributed by atoms with Gasteiger partial charge in [0.1, 0.15) is 84.3 Å². The molecule has 40 heteroatoms. The summed E-state index contributed by atoms with van der Waals surface area (Å²) in [5, 5.41) is 52.9. The number of carbonyl (C=O) groups excluding carboxylic acids is 17. The van der Waals surface area contributed by atoms with Gasteiger partial charge in [-0.05, 0) is 123 Å². The number of aliphatic imine (C=N–C) groups is 1. The van der Waals surface area contributed by atoms with Crippen LogP contribution >= 0.6 is 0 Å². The third kappa shape index (κ3) is 28.4. The summed E-state index contributed by atoms with van der Waals surface area (Å²) in [5.74, 6) is -15.4. The first-order valence-electron chi connectivity index (χ1n) is 45.2. The maximum atomic E-state index is 15.6. The molecular formula is C92H129N21O19. The van der Waals surface area contributed by atoms with Crippen LogP contribution in [-0.4, -0.2) is 296 Å². The number of fused-ring (bicyclic) bond motifs is 4. The maximum Gasteiger partial charge on any atom is 0.246 e. The molecule has 2 aromatic heterocycles. The van der Waals surface area contributed by atoms with Crippen LogP contribution in [0.3, 0.4) is 0 Å². The van der Waals surface area contributed by atoms with Crippen molar-refractivity contribution in [3.05, 3.63) is 114 Å². The number of aliphatic hydroxyl groups excluding tert-OH is 1. The van der Waals surface area contributed by atoms with Gasteiger partial charge in [-0.2, -0.15) is 0 Å². The Morgan fingerprint density at radius 3 is 1.66 bits per heavy atom. The van der Waals surface area contributed by atoms with Gasteiger partial charge in [0.05, 0.1) is 32.2 Å². The van der Waals surface area contributed by atoms with E-state index in [0.717, 1.165) is 14.7 Å². The summed E-state index contributed by atoms with van der Waals surface area (Å²) in [5.41, 5.74) is 14.7. The SMILES string of the molecule is CCCC[C@H]1C(=O)N(C)[C@@H](CCCC)C(=O)N[C@@H](CC(C)C)C(=O)N[C@H](C(=O)NCC(N)=O)CCNCC(=O)N[C@@H](Cc2ccc(O)cc2)C(=O)N(C)[C@@H](C)C(=O)N[C@@H](CC(N)=O)C(=O)N2CCC[C@H]2C(=O)N[C@@H](CC2=CN=CC2)C(=O)N[C@@H](CC(C)C)C(=O)N2C[C@H](O)C[C@H]2C(=O)N[C@@H](Cc2c[nH]c3ccccc23)C(=O)NCC(=O)N[C@@H](Cc2c[nH]c3ccccc23)C(=O)N1C. The number of rotatable bonds is 23. The molecule has 0 spiro atoms. The molecule has 132 heavy (non-hydrogen) atoms. The first-order valence-corrected chi connectivity index (χ1v) is 45.2. The maximum absolute atomic E-state index is 15.6. The zero-order chi connectivity index (χ0) is 96.3. The van der Waals surface area contributed by atoms with Crippen molar-refractivity contribution in [2.75, 3.05) is 60.4 Å². The minimum atomic E-state index is -1.74. The highest BCUT2D eigenvalue weighted by Gasteiger charge is 2.47. The van der Waals surface area contributed by atoms with E-state index in [0.29, 0.717) is 69.8 Å². The highest BCUT2D eigenvalue weighted by atomic mass is 16.3. The molecule has 0 saturated carbocycles. The van der Waals surface area contributed by atoms with Gasteiger partial charge in [-0.1, -0.05) is 116 Å². The number of nitrogens with zero attached hydrogens (tertiary/aromatic N) is 6. The van der Waals surface area contributed by atoms with E-state index < -0.39 is 218 Å². The van der Waals surface area contributed by atoms with Crippen molar-refractivity contribution in [3.8, 4) is 5.75 Å². The fourth-order valence-corrected chi connectivity index (χ4v) is 16.9. The Balaban J connectivity index is 1.07. The van der Waals surface area contributed by atoms with E-state index >= 15 is 33.6 Å². The molecule has 716 valence electrons. The Labute approximate surface area is 766 Å². The molecule has 19 N–H and O–H groups in total. The molecular weight excluding hydrogens is 1700 g/mol. The lowest BCUT2D eigenvalue weighted by atomic mass is 9.99. The molecule has 0 bridgehead atoms. The van der Waals surface area contributed by atoms with Gasteiger partial charge in [0, 0.05) is 113 Å². The Bertz CT molecular complexity index is 5050. The first kappa shape index (κ1) is 103. The number of aromatic nitrogens is 2. The van der Waals surface area contributed by atoms with Gasteiger partial charge in [0.15, 0.2) is 0 Å². The molecule has 9 rings (SSSR count). The number of para-hydroxylation sites is 2. The number of amides is 17. The number of phenols is 1. The van der Waals surface area contributed by atoms with Gasteiger partial charge in [-0.15, -0.1) is 0 Å². The number of phenolic OH excluding ortho intramolecular Hbond substituents is 1. The molecule has 14 atom stereocenters. The summed E-state index contributed by atoms with van der Waals surface area (Å²) in [4.78, 5) is 265. The molecule has 40 nitrogen and oxygen atoms in total. The van der Waals surface area contributed by atoms with Crippen molar-refractivity contribution in [2.24, 2.45) is 28.3 Å². The number of likely N-dealkylation sites (N-methyl/N-ethyl adjacent to an activating group) is 3. The Morgan fingerprint density at radius 2 is 1.06 bits per heavy atom. The fraction of sp³-hybridized carbons (Fsp3) is 0.543. The summed E-state index contributed by atoms with van der Waals surface area (Å²) in [7, 11) is 4.06. The van der Waals surface area contributed by atoms with E-state index in [2.05, 4.69) is 73.4 Å². The van der Waals surface area contributed by atoms with Crippen LogP contribution in [-0.2, 0) is 101 Å². The van der Waals surface area contributed by atoms with Crippen molar-refractivity contribution in [1.82, 2.24) is 93.0 Å². The second-order valence-electron chi connectivity index (χ2n) is 35.4. The molecule has 6 heterocycles. The van der Waals surface area contributed by atoms with Gasteiger partial charge >= 0.3 is 0 Å². The minimum Gasteiger partial charge on any atom is -0.508 e. The molecule has 17 amide bonds. The lowest BCUT2D eigenvalue weighted by Gasteiger charge is -2.36. The monoisotopic (exact) mass is 1830 g/mol. The molecule has 0 unspecified atom stereocenters. The Hall–Kier alpha value is -13.1. The lowest BCUT2D eigenvalue weighted by Crippen LogP contribution is -2.60. The number of hydrogen-bond acceptors (Lipinski definition) is 21. The van der Waals surface area contributed by atoms with Crippen LogP contribution in [0.25, 0.3) is 21.8 Å². The predicted octanol–water partition coefficient (Wildman–Crippen LogP) is -0.478. The largest absolute Gasteiger partial charge is 0.508 e.